The summed E-state index contributed by atoms with van der Waals surface area (Å²) in [5.41, 5.74) is 1.29. The van der Waals surface area contributed by atoms with Gasteiger partial charge in [-0.2, -0.15) is 5.10 Å². The van der Waals surface area contributed by atoms with E-state index in [1.54, 1.807) is 0 Å². The third kappa shape index (κ3) is 2.49. The van der Waals surface area contributed by atoms with Crippen LogP contribution in [0.15, 0.2) is 10.7 Å². The van der Waals surface area contributed by atoms with Crippen molar-refractivity contribution in [1.82, 2.24) is 20.0 Å². The highest BCUT2D eigenvalue weighted by Crippen LogP contribution is 2.38. The van der Waals surface area contributed by atoms with Crippen molar-refractivity contribution >= 4 is 15.9 Å². The van der Waals surface area contributed by atoms with Gasteiger partial charge in [0.25, 0.3) is 0 Å². The Kier molecular flexibility index (Phi) is 5.37. The van der Waals surface area contributed by atoms with Gasteiger partial charge in [-0.15, -0.1) is 0 Å². The lowest BCUT2D eigenvalue weighted by molar-refractivity contribution is 0.0878. The maximum Gasteiger partial charge on any atom is 0.0711 e. The van der Waals surface area contributed by atoms with Crippen LogP contribution in [0.3, 0.4) is 0 Å². The highest BCUT2D eigenvalue weighted by atomic mass is 79.9. The van der Waals surface area contributed by atoms with Gasteiger partial charge in [-0.25, -0.2) is 0 Å². The average molecular weight is 317 g/mol. The quantitative estimate of drug-likeness (QED) is 0.875. The molecule has 1 aromatic heterocycles. The summed E-state index contributed by atoms with van der Waals surface area (Å²) in [4.78, 5) is 2.33. The van der Waals surface area contributed by atoms with Crippen LogP contribution in [-0.4, -0.2) is 41.4 Å². The van der Waals surface area contributed by atoms with Crippen molar-refractivity contribution in [2.75, 3.05) is 21.1 Å². The molecule has 18 heavy (non-hydrogen) atoms. The summed E-state index contributed by atoms with van der Waals surface area (Å²) < 4.78 is 3.02. The molecule has 0 aliphatic rings. The Morgan fingerprint density at radius 2 is 2.00 bits per heavy atom. The first-order valence-corrected chi connectivity index (χ1v) is 7.26. The Hall–Kier alpha value is -0.390. The van der Waals surface area contributed by atoms with E-state index in [9.17, 15) is 0 Å². The van der Waals surface area contributed by atoms with E-state index in [-0.39, 0.29) is 11.6 Å². The predicted molar refractivity (Wildman–Crippen MR) is 79.7 cm³/mol. The molecule has 1 rings (SSSR count). The van der Waals surface area contributed by atoms with Crippen LogP contribution >= 0.6 is 15.9 Å². The molecule has 1 N–H and O–H groups in total. The van der Waals surface area contributed by atoms with Crippen molar-refractivity contribution in [3.63, 3.8) is 0 Å². The topological polar surface area (TPSA) is 33.1 Å². The van der Waals surface area contributed by atoms with Crippen molar-refractivity contribution in [3.8, 4) is 0 Å². The van der Waals surface area contributed by atoms with Gasteiger partial charge in [0.05, 0.1) is 22.4 Å². The monoisotopic (exact) mass is 316 g/mol. The lowest BCUT2D eigenvalue weighted by Gasteiger charge is -2.45. The molecule has 5 heteroatoms. The number of aromatic nitrogens is 2. The summed E-state index contributed by atoms with van der Waals surface area (Å²) in [6.07, 6.45) is 4.03. The molecule has 1 unspecified atom stereocenters. The molecule has 104 valence electrons. The summed E-state index contributed by atoms with van der Waals surface area (Å²) in [6.45, 7) is 4.50. The number of halogens is 1. The summed E-state index contributed by atoms with van der Waals surface area (Å²) in [5, 5.41) is 7.82. The van der Waals surface area contributed by atoms with Crippen molar-refractivity contribution in [2.45, 2.75) is 38.3 Å². The van der Waals surface area contributed by atoms with Crippen molar-refractivity contribution < 1.29 is 0 Å². The van der Waals surface area contributed by atoms with E-state index < -0.39 is 0 Å². The van der Waals surface area contributed by atoms with Gasteiger partial charge < -0.3 is 10.2 Å². The molecule has 0 fully saturated rings. The fourth-order valence-electron chi connectivity index (χ4n) is 2.95. The van der Waals surface area contributed by atoms with Gasteiger partial charge in [-0.3, -0.25) is 4.68 Å². The molecule has 0 aromatic carbocycles. The SMILES string of the molecule is CCC(CC)(C(NC)c1c(Br)cnn1C)N(C)C. The van der Waals surface area contributed by atoms with Crippen molar-refractivity contribution in [1.29, 1.82) is 0 Å². The minimum atomic E-state index is 0.0884. The number of nitrogens with one attached hydrogen (secondary N) is 1. The molecule has 0 aliphatic carbocycles. The van der Waals surface area contributed by atoms with Gasteiger partial charge in [0.15, 0.2) is 0 Å². The maximum atomic E-state index is 4.34. The molecular formula is C13H25BrN4. The van der Waals surface area contributed by atoms with Gasteiger partial charge in [0.2, 0.25) is 0 Å². The zero-order chi connectivity index (χ0) is 13.9. The zero-order valence-corrected chi connectivity index (χ0v) is 13.9. The van der Waals surface area contributed by atoms with E-state index >= 15 is 0 Å². The van der Waals surface area contributed by atoms with Crippen LogP contribution in [0.1, 0.15) is 38.4 Å². The smallest absolute Gasteiger partial charge is 0.0711 e. The highest BCUT2D eigenvalue weighted by molar-refractivity contribution is 9.10. The molecule has 0 amide bonds. The summed E-state index contributed by atoms with van der Waals surface area (Å²) in [5.74, 6) is 0. The molecule has 0 spiro atoms. The molecular weight excluding hydrogens is 292 g/mol. The van der Waals surface area contributed by atoms with Crippen LogP contribution in [-0.2, 0) is 7.05 Å². The van der Waals surface area contributed by atoms with Gasteiger partial charge in [-0.1, -0.05) is 13.8 Å². The standard InChI is InChI=1S/C13H25BrN4/c1-7-13(8-2,17(4)5)12(15-3)11-10(14)9-16-18(11)6/h9,12,15H,7-8H2,1-6H3. The fraction of sp³-hybridized carbons (Fsp3) is 0.769. The van der Waals surface area contributed by atoms with Crippen LogP contribution in [0, 0.1) is 0 Å². The van der Waals surface area contributed by atoms with Gasteiger partial charge in [-0.05, 0) is 49.9 Å². The molecule has 1 heterocycles. The molecule has 0 aliphatic heterocycles. The highest BCUT2D eigenvalue weighted by Gasteiger charge is 2.40. The number of aryl methyl sites for hydroxylation is 1. The Morgan fingerprint density at radius 3 is 2.28 bits per heavy atom. The molecule has 0 saturated heterocycles. The van der Waals surface area contributed by atoms with E-state index in [2.05, 4.69) is 59.2 Å². The van der Waals surface area contributed by atoms with Crippen molar-refractivity contribution in [2.24, 2.45) is 7.05 Å². The van der Waals surface area contributed by atoms with Crippen LogP contribution < -0.4 is 5.32 Å². The van der Waals surface area contributed by atoms with E-state index in [0.29, 0.717) is 0 Å². The van der Waals surface area contributed by atoms with Crippen LogP contribution in [0.4, 0.5) is 0 Å². The van der Waals surface area contributed by atoms with Gasteiger partial charge in [0.1, 0.15) is 0 Å². The molecule has 4 nitrogen and oxygen atoms in total. The first-order valence-electron chi connectivity index (χ1n) is 6.46. The predicted octanol–water partition coefficient (Wildman–Crippen LogP) is 2.56. The largest absolute Gasteiger partial charge is 0.310 e. The zero-order valence-electron chi connectivity index (χ0n) is 12.3. The molecule has 0 radical (unpaired) electrons. The van der Waals surface area contributed by atoms with Crippen LogP contribution in [0.25, 0.3) is 0 Å². The van der Waals surface area contributed by atoms with Gasteiger partial charge >= 0.3 is 0 Å². The Balaban J connectivity index is 3.31. The number of hydrogen-bond acceptors (Lipinski definition) is 3. The number of hydrogen-bond donors (Lipinski definition) is 1. The molecule has 1 aromatic rings. The lowest BCUT2D eigenvalue weighted by atomic mass is 9.81. The Morgan fingerprint density at radius 1 is 1.44 bits per heavy atom. The molecule has 1 atom stereocenters. The summed E-state index contributed by atoms with van der Waals surface area (Å²) in [7, 11) is 8.33. The Bertz CT molecular complexity index is 363. The Labute approximate surface area is 119 Å². The number of rotatable bonds is 6. The van der Waals surface area contributed by atoms with Crippen LogP contribution in [0.2, 0.25) is 0 Å². The minimum Gasteiger partial charge on any atom is -0.310 e. The third-order valence-electron chi connectivity index (χ3n) is 4.15. The third-order valence-corrected chi connectivity index (χ3v) is 4.76. The molecule has 0 saturated carbocycles. The van der Waals surface area contributed by atoms with E-state index in [1.165, 1.54) is 5.69 Å². The fourth-order valence-corrected chi connectivity index (χ4v) is 3.53. The first-order chi connectivity index (χ1) is 8.44. The van der Waals surface area contributed by atoms with Crippen LogP contribution in [0.5, 0.6) is 0 Å². The number of likely N-dealkylation sites (N-methyl/N-ethyl adjacent to an activating group) is 2. The van der Waals surface area contributed by atoms with E-state index in [0.717, 1.165) is 17.3 Å². The maximum absolute atomic E-state index is 4.34. The normalized spacial score (nSPS) is 14.2. The average Bonchev–Trinajstić information content (AvgIpc) is 2.66. The second-order valence-corrected chi connectivity index (χ2v) is 5.78. The second-order valence-electron chi connectivity index (χ2n) is 4.93. The lowest BCUT2D eigenvalue weighted by Crippen LogP contribution is -2.53. The van der Waals surface area contributed by atoms with E-state index in [1.807, 2.05) is 25.0 Å². The summed E-state index contributed by atoms with van der Waals surface area (Å²) in [6, 6.07) is 0.240. The molecule has 0 bridgehead atoms. The summed E-state index contributed by atoms with van der Waals surface area (Å²) >= 11 is 3.62. The van der Waals surface area contributed by atoms with Gasteiger partial charge in [0, 0.05) is 12.6 Å². The minimum absolute atomic E-state index is 0.0884. The van der Waals surface area contributed by atoms with E-state index in [4.69, 9.17) is 0 Å². The second kappa shape index (κ2) is 6.17. The number of nitrogens with zero attached hydrogens (tertiary/aromatic N) is 3. The van der Waals surface area contributed by atoms with Crippen molar-refractivity contribution in [3.05, 3.63) is 16.4 Å². The first kappa shape index (κ1) is 15.7.